The maximum absolute atomic E-state index is 2.53. The fourth-order valence-electron chi connectivity index (χ4n) is 1.30. The van der Waals surface area contributed by atoms with Crippen molar-refractivity contribution < 1.29 is 0 Å². The number of hydrogen-bond acceptors (Lipinski definition) is 1. The first-order valence-corrected chi connectivity index (χ1v) is 2.71. The third kappa shape index (κ3) is 0.243. The molecule has 0 aromatic carbocycles. The molecule has 0 amide bonds. The molecule has 34 valence electrons. The van der Waals surface area contributed by atoms with Crippen LogP contribution >= 0.6 is 0 Å². The summed E-state index contributed by atoms with van der Waals surface area (Å²) in [7, 11) is 0. The average Bonchev–Trinajstić information content (AvgIpc) is 2.17. The van der Waals surface area contributed by atoms with Gasteiger partial charge in [0.15, 0.2) is 0 Å². The van der Waals surface area contributed by atoms with Gasteiger partial charge in [-0.05, 0) is 19.4 Å². The summed E-state index contributed by atoms with van der Waals surface area (Å²) in [5.41, 5.74) is 0. The van der Waals surface area contributed by atoms with Gasteiger partial charge in [0.1, 0.15) is 0 Å². The first kappa shape index (κ1) is 3.03. The maximum Gasteiger partial charge on any atom is 0.0224 e. The molecule has 0 radical (unpaired) electrons. The van der Waals surface area contributed by atoms with Gasteiger partial charge in [-0.15, -0.1) is 0 Å². The summed E-state index contributed by atoms with van der Waals surface area (Å²) in [5, 5.41) is 0. The van der Waals surface area contributed by atoms with Crippen molar-refractivity contribution >= 4 is 0 Å². The number of nitrogens with zero attached hydrogens (tertiary/aromatic N) is 1. The van der Waals surface area contributed by atoms with E-state index in [1.807, 2.05) is 0 Å². The van der Waals surface area contributed by atoms with E-state index >= 15 is 0 Å². The van der Waals surface area contributed by atoms with Crippen LogP contribution in [0.4, 0.5) is 0 Å². The molecule has 1 unspecified atom stereocenters. The van der Waals surface area contributed by atoms with Gasteiger partial charge >= 0.3 is 0 Å². The molecule has 1 nitrogen and oxygen atoms in total. The van der Waals surface area contributed by atoms with E-state index in [2.05, 4.69) is 4.90 Å². The Bertz CT molecular complexity index is 62.3. The van der Waals surface area contributed by atoms with Crippen molar-refractivity contribution in [3.05, 3.63) is 0 Å². The summed E-state index contributed by atoms with van der Waals surface area (Å²) in [5.74, 6) is 0. The van der Waals surface area contributed by atoms with Crippen molar-refractivity contribution in [1.82, 2.24) is 4.90 Å². The molecule has 2 fully saturated rings. The number of piperidine rings is 1. The van der Waals surface area contributed by atoms with Gasteiger partial charge in [-0.1, -0.05) is 0 Å². The third-order valence-electron chi connectivity index (χ3n) is 1.81. The molecule has 2 saturated heterocycles. The summed E-state index contributed by atoms with van der Waals surface area (Å²) in [6.45, 7) is 2.81. The van der Waals surface area contributed by atoms with Gasteiger partial charge in [0.05, 0.1) is 0 Å². The highest BCUT2D eigenvalue weighted by molar-refractivity contribution is 4.94. The van der Waals surface area contributed by atoms with Gasteiger partial charge in [0.25, 0.3) is 0 Å². The van der Waals surface area contributed by atoms with Crippen molar-refractivity contribution in [1.29, 1.82) is 0 Å². The van der Waals surface area contributed by atoms with Gasteiger partial charge in [-0.3, -0.25) is 4.90 Å². The quantitative estimate of drug-likeness (QED) is 0.384. The molecule has 2 aliphatic heterocycles. The Balaban J connectivity index is 2.09. The molecule has 0 aliphatic carbocycles. The molecule has 2 aliphatic rings. The van der Waals surface area contributed by atoms with Crippen LogP contribution in [0.3, 0.4) is 0 Å². The van der Waals surface area contributed by atoms with Crippen molar-refractivity contribution in [2.45, 2.75) is 18.9 Å². The highest BCUT2D eigenvalue weighted by Gasteiger charge is 2.37. The molecule has 1 heteroatoms. The average molecular weight is 83.1 g/mol. The number of hydrogen-bond donors (Lipinski definition) is 0. The standard InChI is InChI=1S/C5H9N/c1-2-5-4-6(5)3-1/h5H,1-4H2/t5-,6?/m1/s1. The Labute approximate surface area is 37.9 Å². The summed E-state index contributed by atoms with van der Waals surface area (Å²) < 4.78 is 0. The SMILES string of the molecule is C1C[C@@H]2CN2C1. The molecule has 2 heterocycles. The molecular weight excluding hydrogens is 74.1 g/mol. The van der Waals surface area contributed by atoms with Gasteiger partial charge in [0.2, 0.25) is 0 Å². The minimum atomic E-state index is 1.05. The fraction of sp³-hybridized carbons (Fsp3) is 1.00. The third-order valence-corrected chi connectivity index (χ3v) is 1.81. The second kappa shape index (κ2) is 0.784. The predicted octanol–water partition coefficient (Wildman–Crippen LogP) is 0.464. The smallest absolute Gasteiger partial charge is 0.0224 e. The Morgan fingerprint density at radius 2 is 2.50 bits per heavy atom. The van der Waals surface area contributed by atoms with E-state index in [1.54, 1.807) is 0 Å². The maximum atomic E-state index is 2.53. The Kier molecular flexibility index (Phi) is 0.396. The van der Waals surface area contributed by atoms with E-state index in [1.165, 1.54) is 25.9 Å². The van der Waals surface area contributed by atoms with Gasteiger partial charge < -0.3 is 0 Å². The lowest BCUT2D eigenvalue weighted by Crippen LogP contribution is -1.90. The van der Waals surface area contributed by atoms with Crippen LogP contribution in [0.25, 0.3) is 0 Å². The lowest BCUT2D eigenvalue weighted by atomic mass is 10.3. The van der Waals surface area contributed by atoms with E-state index in [0.717, 1.165) is 6.04 Å². The molecule has 0 spiro atoms. The van der Waals surface area contributed by atoms with E-state index in [-0.39, 0.29) is 0 Å². The summed E-state index contributed by atoms with van der Waals surface area (Å²) >= 11 is 0. The van der Waals surface area contributed by atoms with E-state index in [4.69, 9.17) is 0 Å². The minimum absolute atomic E-state index is 1.05. The first-order valence-electron chi connectivity index (χ1n) is 2.71. The molecule has 0 aromatic rings. The van der Waals surface area contributed by atoms with Crippen LogP contribution < -0.4 is 0 Å². The summed E-state index contributed by atoms with van der Waals surface area (Å²) in [4.78, 5) is 2.53. The molecule has 0 saturated carbocycles. The molecule has 0 bridgehead atoms. The monoisotopic (exact) mass is 83.1 g/mol. The topological polar surface area (TPSA) is 3.01 Å². The number of rotatable bonds is 0. The first-order chi connectivity index (χ1) is 2.97. The minimum Gasteiger partial charge on any atom is -0.298 e. The van der Waals surface area contributed by atoms with Crippen molar-refractivity contribution in [3.63, 3.8) is 0 Å². The van der Waals surface area contributed by atoms with Crippen LogP contribution in [0.15, 0.2) is 0 Å². The van der Waals surface area contributed by atoms with Crippen LogP contribution in [0.5, 0.6) is 0 Å². The second-order valence-electron chi connectivity index (χ2n) is 2.29. The van der Waals surface area contributed by atoms with Gasteiger partial charge in [-0.2, -0.15) is 0 Å². The van der Waals surface area contributed by atoms with E-state index in [9.17, 15) is 0 Å². The lowest BCUT2D eigenvalue weighted by Gasteiger charge is -1.83. The predicted molar refractivity (Wildman–Crippen MR) is 24.6 cm³/mol. The summed E-state index contributed by atoms with van der Waals surface area (Å²) in [6.07, 6.45) is 2.95. The van der Waals surface area contributed by atoms with E-state index < -0.39 is 0 Å². The van der Waals surface area contributed by atoms with Gasteiger partial charge in [-0.25, -0.2) is 0 Å². The summed E-state index contributed by atoms with van der Waals surface area (Å²) in [6, 6.07) is 1.05. The van der Waals surface area contributed by atoms with Crippen LogP contribution in [0.2, 0.25) is 0 Å². The Morgan fingerprint density at radius 3 is 2.67 bits per heavy atom. The van der Waals surface area contributed by atoms with Crippen molar-refractivity contribution in [3.8, 4) is 0 Å². The highest BCUT2D eigenvalue weighted by Crippen LogP contribution is 2.28. The molecule has 6 heavy (non-hydrogen) atoms. The lowest BCUT2D eigenvalue weighted by molar-refractivity contribution is 0.593. The molecule has 2 rings (SSSR count). The zero-order chi connectivity index (χ0) is 3.98. The zero-order valence-electron chi connectivity index (χ0n) is 3.85. The normalized spacial score (nSPS) is 52.0. The molecular formula is C5H9N. The molecule has 2 atom stereocenters. The fourth-order valence-corrected chi connectivity index (χ4v) is 1.30. The Hall–Kier alpha value is -0.0400. The Morgan fingerprint density at radius 1 is 1.50 bits per heavy atom. The van der Waals surface area contributed by atoms with Gasteiger partial charge in [0, 0.05) is 12.6 Å². The van der Waals surface area contributed by atoms with Crippen LogP contribution in [-0.4, -0.2) is 24.0 Å². The van der Waals surface area contributed by atoms with E-state index in [0.29, 0.717) is 0 Å². The molecule has 0 N–H and O–H groups in total. The van der Waals surface area contributed by atoms with Crippen LogP contribution in [0, 0.1) is 0 Å². The second-order valence-corrected chi connectivity index (χ2v) is 2.29. The highest BCUT2D eigenvalue weighted by atomic mass is 15.3. The molecule has 0 aromatic heterocycles. The van der Waals surface area contributed by atoms with Crippen molar-refractivity contribution in [2.75, 3.05) is 13.1 Å². The van der Waals surface area contributed by atoms with Crippen LogP contribution in [-0.2, 0) is 0 Å². The zero-order valence-corrected chi connectivity index (χ0v) is 3.85. The van der Waals surface area contributed by atoms with Crippen LogP contribution in [0.1, 0.15) is 12.8 Å². The largest absolute Gasteiger partial charge is 0.298 e. The number of fused-ring (bicyclic) bond motifs is 1. The van der Waals surface area contributed by atoms with Crippen molar-refractivity contribution in [2.24, 2.45) is 0 Å².